The molecular weight excluding hydrogens is 273 g/mol. The van der Waals surface area contributed by atoms with Gasteiger partial charge in [-0.25, -0.2) is 9.82 Å². The minimum Gasteiger partial charge on any atom is -0.480 e. The fraction of sp³-hybridized carbons (Fsp3) is 0.267. The number of fused-ring (bicyclic) bond motifs is 5. The summed E-state index contributed by atoms with van der Waals surface area (Å²) in [5, 5.41) is 12.1. The number of aliphatic carboxylic acids is 1. The van der Waals surface area contributed by atoms with Gasteiger partial charge in [0.05, 0.1) is 11.4 Å². The van der Waals surface area contributed by atoms with Crippen LogP contribution in [0.1, 0.15) is 11.3 Å². The molecule has 0 radical (unpaired) electrons. The van der Waals surface area contributed by atoms with Crippen molar-refractivity contribution in [3.8, 4) is 0 Å². The summed E-state index contributed by atoms with van der Waals surface area (Å²) in [4.78, 5) is 11.2. The minimum atomic E-state index is -0.900. The normalized spacial score (nSPS) is 16.8. The summed E-state index contributed by atoms with van der Waals surface area (Å²) in [7, 11) is 0. The van der Waals surface area contributed by atoms with Crippen LogP contribution in [0.4, 0.5) is 4.39 Å². The third-order valence-corrected chi connectivity index (χ3v) is 4.12. The van der Waals surface area contributed by atoms with Crippen LogP contribution >= 0.6 is 0 Å². The van der Waals surface area contributed by atoms with Crippen molar-refractivity contribution in [2.75, 3.05) is 13.1 Å². The number of hydrogen-bond donors (Lipinski definition) is 2. The zero-order valence-corrected chi connectivity index (χ0v) is 11.3. The largest absolute Gasteiger partial charge is 0.480 e. The van der Waals surface area contributed by atoms with E-state index in [1.54, 1.807) is 10.6 Å². The quantitative estimate of drug-likeness (QED) is 0.880. The van der Waals surface area contributed by atoms with E-state index in [-0.39, 0.29) is 12.4 Å². The summed E-state index contributed by atoms with van der Waals surface area (Å²) in [6, 6.07) is 4.55. The van der Waals surface area contributed by atoms with Gasteiger partial charge in [-0.2, -0.15) is 0 Å². The van der Waals surface area contributed by atoms with Crippen molar-refractivity contribution in [2.24, 2.45) is 0 Å². The molecule has 0 bridgehead atoms. The summed E-state index contributed by atoms with van der Waals surface area (Å²) < 4.78 is 15.4. The molecule has 1 aromatic heterocycles. The Balaban J connectivity index is 2.04. The van der Waals surface area contributed by atoms with Crippen LogP contribution in [0.3, 0.4) is 0 Å². The van der Waals surface area contributed by atoms with Gasteiger partial charge in [0.15, 0.2) is 0 Å². The number of hydrazine groups is 1. The van der Waals surface area contributed by atoms with E-state index in [0.717, 1.165) is 47.4 Å². The van der Waals surface area contributed by atoms with Crippen molar-refractivity contribution >= 4 is 22.6 Å². The predicted octanol–water partition coefficient (Wildman–Crippen LogP) is 1.58. The Morgan fingerprint density at radius 2 is 2.29 bits per heavy atom. The minimum absolute atomic E-state index is 0.122. The SMILES string of the molecule is O=C(O)Cn1c2c(c3cc(F)ccc31)CCN1NCC=C21. The third kappa shape index (κ3) is 1.76. The van der Waals surface area contributed by atoms with E-state index in [0.29, 0.717) is 0 Å². The molecule has 0 spiro atoms. The van der Waals surface area contributed by atoms with Gasteiger partial charge in [-0.05, 0) is 36.3 Å². The van der Waals surface area contributed by atoms with Crippen LogP contribution in [0.25, 0.3) is 16.6 Å². The first-order chi connectivity index (χ1) is 10.1. The zero-order chi connectivity index (χ0) is 14.6. The van der Waals surface area contributed by atoms with Gasteiger partial charge in [-0.1, -0.05) is 0 Å². The zero-order valence-electron chi connectivity index (χ0n) is 11.3. The number of hydrogen-bond acceptors (Lipinski definition) is 3. The molecule has 2 N–H and O–H groups in total. The molecule has 4 rings (SSSR count). The van der Waals surface area contributed by atoms with Crippen molar-refractivity contribution in [1.29, 1.82) is 0 Å². The van der Waals surface area contributed by atoms with Gasteiger partial charge >= 0.3 is 5.97 Å². The van der Waals surface area contributed by atoms with E-state index >= 15 is 0 Å². The lowest BCUT2D eigenvalue weighted by atomic mass is 10.0. The number of benzene rings is 1. The van der Waals surface area contributed by atoms with Crippen LogP contribution in [-0.2, 0) is 17.8 Å². The molecule has 0 fully saturated rings. The molecule has 108 valence electrons. The average Bonchev–Trinajstić information content (AvgIpc) is 3.01. The molecule has 0 saturated carbocycles. The molecule has 2 aliphatic heterocycles. The molecule has 3 heterocycles. The first-order valence-corrected chi connectivity index (χ1v) is 6.89. The Labute approximate surface area is 120 Å². The highest BCUT2D eigenvalue weighted by atomic mass is 19.1. The predicted molar refractivity (Wildman–Crippen MR) is 75.9 cm³/mol. The highest BCUT2D eigenvalue weighted by Gasteiger charge is 2.30. The summed E-state index contributed by atoms with van der Waals surface area (Å²) in [5.41, 5.74) is 6.95. The van der Waals surface area contributed by atoms with Gasteiger partial charge in [0.2, 0.25) is 0 Å². The number of carboxylic acid groups (broad SMARTS) is 1. The van der Waals surface area contributed by atoms with Gasteiger partial charge in [0, 0.05) is 24.0 Å². The monoisotopic (exact) mass is 287 g/mol. The molecule has 0 saturated heterocycles. The Hall–Kier alpha value is -2.34. The van der Waals surface area contributed by atoms with Gasteiger partial charge in [0.25, 0.3) is 0 Å². The van der Waals surface area contributed by atoms with Crippen LogP contribution in [0.15, 0.2) is 24.3 Å². The van der Waals surface area contributed by atoms with Crippen molar-refractivity contribution in [3.05, 3.63) is 41.3 Å². The summed E-state index contributed by atoms with van der Waals surface area (Å²) in [5.74, 6) is -1.19. The molecule has 0 atom stereocenters. The third-order valence-electron chi connectivity index (χ3n) is 4.12. The average molecular weight is 287 g/mol. The van der Waals surface area contributed by atoms with E-state index in [9.17, 15) is 14.3 Å². The van der Waals surface area contributed by atoms with E-state index in [1.165, 1.54) is 12.1 Å². The van der Waals surface area contributed by atoms with Gasteiger partial charge in [-0.3, -0.25) is 4.79 Å². The molecule has 1 aromatic carbocycles. The lowest BCUT2D eigenvalue weighted by molar-refractivity contribution is -0.137. The van der Waals surface area contributed by atoms with Crippen LogP contribution in [0.2, 0.25) is 0 Å². The highest BCUT2D eigenvalue weighted by molar-refractivity contribution is 5.92. The maximum Gasteiger partial charge on any atom is 0.323 e. The molecule has 0 aliphatic carbocycles. The van der Waals surface area contributed by atoms with E-state index < -0.39 is 5.97 Å². The Morgan fingerprint density at radius 3 is 3.10 bits per heavy atom. The number of aromatic nitrogens is 1. The highest BCUT2D eigenvalue weighted by Crippen LogP contribution is 2.37. The number of carbonyl (C=O) groups is 1. The molecule has 0 amide bonds. The van der Waals surface area contributed by atoms with Crippen LogP contribution in [0, 0.1) is 5.82 Å². The van der Waals surface area contributed by atoms with Gasteiger partial charge < -0.3 is 14.7 Å². The second-order valence-corrected chi connectivity index (χ2v) is 5.32. The van der Waals surface area contributed by atoms with Crippen LogP contribution in [0.5, 0.6) is 0 Å². The summed E-state index contributed by atoms with van der Waals surface area (Å²) >= 11 is 0. The topological polar surface area (TPSA) is 57.5 Å². The van der Waals surface area contributed by atoms with E-state index in [4.69, 9.17) is 0 Å². The van der Waals surface area contributed by atoms with Crippen LogP contribution in [-0.4, -0.2) is 33.7 Å². The standard InChI is InChI=1S/C15H14FN3O2/c16-9-1-2-12-11(7-9)10-4-6-19-13(3-5-17-19)15(10)18(12)8-14(20)21/h1-3,7,17H,4-6,8H2,(H,20,21). The van der Waals surface area contributed by atoms with Crippen molar-refractivity contribution in [1.82, 2.24) is 15.0 Å². The summed E-state index contributed by atoms with van der Waals surface area (Å²) in [6.07, 6.45) is 2.82. The second-order valence-electron chi connectivity index (χ2n) is 5.32. The smallest absolute Gasteiger partial charge is 0.323 e. The van der Waals surface area contributed by atoms with Gasteiger partial charge in [0.1, 0.15) is 12.4 Å². The number of nitrogens with one attached hydrogen (secondary N) is 1. The lowest BCUT2D eigenvalue weighted by Gasteiger charge is -2.28. The van der Waals surface area contributed by atoms with Crippen molar-refractivity contribution in [2.45, 2.75) is 13.0 Å². The fourth-order valence-electron chi connectivity index (χ4n) is 3.34. The molecule has 5 nitrogen and oxygen atoms in total. The van der Waals surface area contributed by atoms with Crippen molar-refractivity contribution < 1.29 is 14.3 Å². The molecule has 21 heavy (non-hydrogen) atoms. The molecule has 2 aromatic rings. The molecular formula is C15H14FN3O2. The van der Waals surface area contributed by atoms with E-state index in [1.807, 2.05) is 11.1 Å². The molecule has 6 heteroatoms. The van der Waals surface area contributed by atoms with Crippen LogP contribution < -0.4 is 5.43 Å². The molecule has 0 unspecified atom stereocenters. The Kier molecular flexibility index (Phi) is 2.56. The number of nitrogens with zero attached hydrogens (tertiary/aromatic N) is 2. The van der Waals surface area contributed by atoms with Gasteiger partial charge in [-0.15, -0.1) is 0 Å². The molecule has 2 aliphatic rings. The number of halogens is 1. The van der Waals surface area contributed by atoms with Crippen molar-refractivity contribution in [3.63, 3.8) is 0 Å². The number of rotatable bonds is 2. The first kappa shape index (κ1) is 12.4. The Bertz CT molecular complexity index is 794. The second kappa shape index (κ2) is 4.33. The maximum atomic E-state index is 13.6. The first-order valence-electron chi connectivity index (χ1n) is 6.89. The number of carboxylic acids is 1. The lowest BCUT2D eigenvalue weighted by Crippen LogP contribution is -2.36. The van der Waals surface area contributed by atoms with E-state index in [2.05, 4.69) is 5.43 Å². The fourth-order valence-corrected chi connectivity index (χ4v) is 3.34. The Morgan fingerprint density at radius 1 is 1.43 bits per heavy atom. The maximum absolute atomic E-state index is 13.6. The summed E-state index contributed by atoms with van der Waals surface area (Å²) in [6.45, 7) is 1.42.